The number of rotatable bonds is 2. The van der Waals surface area contributed by atoms with Crippen LogP contribution in [-0.2, 0) is 0 Å². The summed E-state index contributed by atoms with van der Waals surface area (Å²) < 4.78 is 0. The molecule has 1 atom stereocenters. The summed E-state index contributed by atoms with van der Waals surface area (Å²) in [5.74, 6) is 0.760. The Labute approximate surface area is 80.4 Å². The predicted octanol–water partition coefficient (Wildman–Crippen LogP) is 3.02. The Kier molecular flexibility index (Phi) is 2.26. The van der Waals surface area contributed by atoms with E-state index in [0.29, 0.717) is 0 Å². The zero-order valence-corrected chi connectivity index (χ0v) is 8.46. The number of nitrogens with zero attached hydrogens (tertiary/aromatic N) is 1. The van der Waals surface area contributed by atoms with E-state index in [2.05, 4.69) is 43.0 Å². The van der Waals surface area contributed by atoms with Crippen molar-refractivity contribution in [3.05, 3.63) is 29.8 Å². The van der Waals surface area contributed by atoms with Crippen molar-refractivity contribution in [1.29, 1.82) is 0 Å². The molecule has 0 N–H and O–H groups in total. The first-order valence-corrected chi connectivity index (χ1v) is 5.20. The van der Waals surface area contributed by atoms with Crippen LogP contribution in [0.5, 0.6) is 0 Å². The maximum absolute atomic E-state index is 2.48. The third-order valence-corrected chi connectivity index (χ3v) is 3.03. The van der Waals surface area contributed by atoms with Gasteiger partial charge in [-0.3, -0.25) is 0 Å². The number of likely N-dealkylation sites (N-methyl/N-ethyl adjacent to an activating group) is 1. The zero-order valence-electron chi connectivity index (χ0n) is 8.46. The molecule has 0 amide bonds. The van der Waals surface area contributed by atoms with Gasteiger partial charge in [-0.05, 0) is 25.0 Å². The topological polar surface area (TPSA) is 3.24 Å². The van der Waals surface area contributed by atoms with Gasteiger partial charge in [-0.15, -0.1) is 0 Å². The van der Waals surface area contributed by atoms with Crippen molar-refractivity contribution < 1.29 is 0 Å². The van der Waals surface area contributed by atoms with E-state index in [1.807, 2.05) is 0 Å². The minimum atomic E-state index is 0.760. The van der Waals surface area contributed by atoms with Crippen molar-refractivity contribution in [3.63, 3.8) is 0 Å². The molecule has 13 heavy (non-hydrogen) atoms. The van der Waals surface area contributed by atoms with Gasteiger partial charge in [0.05, 0.1) is 0 Å². The van der Waals surface area contributed by atoms with E-state index in [-0.39, 0.29) is 0 Å². The van der Waals surface area contributed by atoms with E-state index in [4.69, 9.17) is 0 Å². The second-order valence-corrected chi connectivity index (χ2v) is 3.70. The largest absolute Gasteiger partial charge is 0.371 e. The Hall–Kier alpha value is -0.980. The highest BCUT2D eigenvalue weighted by Crippen LogP contribution is 2.37. The standard InChI is InChI=1S/C12H17N/c1-3-10-9-13(4-2)12-8-6-5-7-11(10)12/h5-8,10H,3-4,9H2,1-2H3. The van der Waals surface area contributed by atoms with Crippen LogP contribution in [0.15, 0.2) is 24.3 Å². The van der Waals surface area contributed by atoms with E-state index in [0.717, 1.165) is 12.5 Å². The van der Waals surface area contributed by atoms with E-state index >= 15 is 0 Å². The highest BCUT2D eigenvalue weighted by atomic mass is 15.1. The lowest BCUT2D eigenvalue weighted by molar-refractivity contribution is 0.680. The third kappa shape index (κ3) is 1.32. The number of anilines is 1. The van der Waals surface area contributed by atoms with Crippen molar-refractivity contribution >= 4 is 5.69 Å². The van der Waals surface area contributed by atoms with E-state index < -0.39 is 0 Å². The van der Waals surface area contributed by atoms with Gasteiger partial charge >= 0.3 is 0 Å². The molecule has 1 heteroatoms. The van der Waals surface area contributed by atoms with Crippen LogP contribution >= 0.6 is 0 Å². The molecule has 1 aliphatic heterocycles. The van der Waals surface area contributed by atoms with Crippen LogP contribution < -0.4 is 4.90 Å². The first-order valence-electron chi connectivity index (χ1n) is 5.20. The molecule has 0 bridgehead atoms. The fraction of sp³-hybridized carbons (Fsp3) is 0.500. The Morgan fingerprint density at radius 2 is 2.08 bits per heavy atom. The molecular weight excluding hydrogens is 158 g/mol. The van der Waals surface area contributed by atoms with Crippen molar-refractivity contribution in [2.75, 3.05) is 18.0 Å². The van der Waals surface area contributed by atoms with Gasteiger partial charge in [-0.2, -0.15) is 0 Å². The second-order valence-electron chi connectivity index (χ2n) is 3.70. The molecule has 1 aliphatic rings. The Balaban J connectivity index is 2.38. The molecular formula is C12H17N. The van der Waals surface area contributed by atoms with Crippen LogP contribution in [0.3, 0.4) is 0 Å². The van der Waals surface area contributed by atoms with Gasteiger partial charge in [0.1, 0.15) is 0 Å². The number of benzene rings is 1. The lowest BCUT2D eigenvalue weighted by Crippen LogP contribution is -2.20. The average Bonchev–Trinajstić information content (AvgIpc) is 2.56. The van der Waals surface area contributed by atoms with Crippen LogP contribution in [0.1, 0.15) is 31.7 Å². The first-order chi connectivity index (χ1) is 6.36. The summed E-state index contributed by atoms with van der Waals surface area (Å²) in [5, 5.41) is 0. The number of hydrogen-bond acceptors (Lipinski definition) is 1. The van der Waals surface area contributed by atoms with Crippen LogP contribution in [0.4, 0.5) is 5.69 Å². The minimum absolute atomic E-state index is 0.760. The molecule has 0 fully saturated rings. The van der Waals surface area contributed by atoms with Crippen molar-refractivity contribution in [2.24, 2.45) is 0 Å². The summed E-state index contributed by atoms with van der Waals surface area (Å²) in [6.07, 6.45) is 1.26. The lowest BCUT2D eigenvalue weighted by Gasteiger charge is -2.16. The first kappa shape index (κ1) is 8.61. The highest BCUT2D eigenvalue weighted by molar-refractivity contribution is 5.59. The number of hydrogen-bond donors (Lipinski definition) is 0. The Bertz CT molecular complexity index is 264. The van der Waals surface area contributed by atoms with Gasteiger partial charge in [0.15, 0.2) is 0 Å². The maximum Gasteiger partial charge on any atom is 0.0402 e. The van der Waals surface area contributed by atoms with Crippen molar-refractivity contribution in [3.8, 4) is 0 Å². The fourth-order valence-corrected chi connectivity index (χ4v) is 2.23. The van der Waals surface area contributed by atoms with E-state index in [9.17, 15) is 0 Å². The van der Waals surface area contributed by atoms with E-state index in [1.165, 1.54) is 18.7 Å². The highest BCUT2D eigenvalue weighted by Gasteiger charge is 2.25. The second kappa shape index (κ2) is 3.41. The van der Waals surface area contributed by atoms with Gasteiger partial charge in [-0.1, -0.05) is 25.1 Å². The van der Waals surface area contributed by atoms with Crippen molar-refractivity contribution in [1.82, 2.24) is 0 Å². The van der Waals surface area contributed by atoms with Gasteiger partial charge < -0.3 is 4.90 Å². The van der Waals surface area contributed by atoms with Gasteiger partial charge in [-0.25, -0.2) is 0 Å². The van der Waals surface area contributed by atoms with Gasteiger partial charge in [0.25, 0.3) is 0 Å². The molecule has 0 aliphatic carbocycles. The summed E-state index contributed by atoms with van der Waals surface area (Å²) in [6, 6.07) is 8.81. The molecule has 70 valence electrons. The summed E-state index contributed by atoms with van der Waals surface area (Å²) in [4.78, 5) is 2.48. The maximum atomic E-state index is 2.48. The summed E-state index contributed by atoms with van der Waals surface area (Å²) >= 11 is 0. The molecule has 1 aromatic carbocycles. The summed E-state index contributed by atoms with van der Waals surface area (Å²) in [5.41, 5.74) is 3.00. The van der Waals surface area contributed by atoms with Crippen LogP contribution in [-0.4, -0.2) is 13.1 Å². The molecule has 0 aromatic heterocycles. The zero-order chi connectivity index (χ0) is 9.26. The van der Waals surface area contributed by atoms with Crippen LogP contribution in [0.25, 0.3) is 0 Å². The minimum Gasteiger partial charge on any atom is -0.371 e. The summed E-state index contributed by atoms with van der Waals surface area (Å²) in [6.45, 7) is 6.86. The average molecular weight is 175 g/mol. The lowest BCUT2D eigenvalue weighted by atomic mass is 9.99. The normalized spacial score (nSPS) is 20.5. The molecule has 1 nitrogen and oxygen atoms in total. The van der Waals surface area contributed by atoms with E-state index in [1.54, 1.807) is 5.56 Å². The molecule has 0 saturated heterocycles. The van der Waals surface area contributed by atoms with Crippen LogP contribution in [0.2, 0.25) is 0 Å². The Morgan fingerprint density at radius 1 is 1.31 bits per heavy atom. The predicted molar refractivity (Wildman–Crippen MR) is 57.4 cm³/mol. The molecule has 1 aromatic rings. The van der Waals surface area contributed by atoms with Crippen LogP contribution in [0, 0.1) is 0 Å². The fourth-order valence-electron chi connectivity index (χ4n) is 2.23. The monoisotopic (exact) mass is 175 g/mol. The molecule has 1 heterocycles. The number of para-hydroxylation sites is 1. The van der Waals surface area contributed by atoms with Gasteiger partial charge in [0.2, 0.25) is 0 Å². The van der Waals surface area contributed by atoms with Crippen molar-refractivity contribution in [2.45, 2.75) is 26.2 Å². The molecule has 2 rings (SSSR count). The van der Waals surface area contributed by atoms with Gasteiger partial charge in [0, 0.05) is 24.7 Å². The molecule has 0 saturated carbocycles. The molecule has 1 unspecified atom stereocenters. The molecule has 0 radical (unpaired) electrons. The number of fused-ring (bicyclic) bond motifs is 1. The smallest absolute Gasteiger partial charge is 0.0402 e. The summed E-state index contributed by atoms with van der Waals surface area (Å²) in [7, 11) is 0. The quantitative estimate of drug-likeness (QED) is 0.668. The molecule has 0 spiro atoms. The third-order valence-electron chi connectivity index (χ3n) is 3.03. The SMILES string of the molecule is CCC1CN(CC)c2ccccc21. The Morgan fingerprint density at radius 3 is 2.77 bits per heavy atom.